The summed E-state index contributed by atoms with van der Waals surface area (Å²) >= 11 is 0. The summed E-state index contributed by atoms with van der Waals surface area (Å²) in [4.78, 5) is 0. The summed E-state index contributed by atoms with van der Waals surface area (Å²) in [6.45, 7) is 3.19. The molecule has 5 nitrogen and oxygen atoms in total. The summed E-state index contributed by atoms with van der Waals surface area (Å²) in [6.07, 6.45) is 1.92. The normalized spacial score (nSPS) is 17.6. The van der Waals surface area contributed by atoms with Gasteiger partial charge in [-0.15, -0.1) is 0 Å². The number of benzene rings is 2. The van der Waals surface area contributed by atoms with Crippen molar-refractivity contribution in [3.05, 3.63) is 46.5 Å². The highest BCUT2D eigenvalue weighted by molar-refractivity contribution is 5.98. The summed E-state index contributed by atoms with van der Waals surface area (Å²) in [5.74, 6) is 3.14. The molecule has 1 unspecified atom stereocenters. The van der Waals surface area contributed by atoms with Crippen LogP contribution in [0.3, 0.4) is 0 Å². The first-order valence-electron chi connectivity index (χ1n) is 9.21. The van der Waals surface area contributed by atoms with Crippen molar-refractivity contribution in [3.8, 4) is 23.0 Å². The van der Waals surface area contributed by atoms with E-state index < -0.39 is 0 Å². The number of hydrogen-bond donors (Lipinski definition) is 0. The summed E-state index contributed by atoms with van der Waals surface area (Å²) in [5, 5.41) is 0. The molecule has 5 heteroatoms. The van der Waals surface area contributed by atoms with Gasteiger partial charge in [0.15, 0.2) is 34.8 Å². The Bertz CT molecular complexity index is 932. The van der Waals surface area contributed by atoms with Gasteiger partial charge in [-0.05, 0) is 35.4 Å². The molecule has 142 valence electrons. The second-order valence-electron chi connectivity index (χ2n) is 7.02. The Labute approximate surface area is 160 Å². The van der Waals surface area contributed by atoms with E-state index in [1.165, 1.54) is 28.0 Å². The molecule has 0 saturated carbocycles. The first-order chi connectivity index (χ1) is 13.1. The Kier molecular flexibility index (Phi) is 4.46. The van der Waals surface area contributed by atoms with Crippen molar-refractivity contribution in [1.29, 1.82) is 0 Å². The van der Waals surface area contributed by atoms with Crippen LogP contribution in [0.1, 0.15) is 35.2 Å². The van der Waals surface area contributed by atoms with E-state index in [2.05, 4.69) is 35.8 Å². The predicted molar refractivity (Wildman–Crippen MR) is 104 cm³/mol. The van der Waals surface area contributed by atoms with Crippen molar-refractivity contribution in [2.45, 2.75) is 25.8 Å². The van der Waals surface area contributed by atoms with Gasteiger partial charge in [0.2, 0.25) is 0 Å². The van der Waals surface area contributed by atoms with Crippen LogP contribution >= 0.6 is 0 Å². The van der Waals surface area contributed by atoms with Crippen LogP contribution in [0.2, 0.25) is 0 Å². The lowest BCUT2D eigenvalue weighted by molar-refractivity contribution is -0.577. The molecule has 2 heterocycles. The highest BCUT2D eigenvalue weighted by Crippen LogP contribution is 2.42. The number of methoxy groups -OCH3 is 4. The van der Waals surface area contributed by atoms with Gasteiger partial charge in [0.25, 0.3) is 0 Å². The molecule has 0 aromatic heterocycles. The molecule has 0 fully saturated rings. The number of hydrogen-bond acceptors (Lipinski definition) is 4. The van der Waals surface area contributed by atoms with Crippen LogP contribution in [0.25, 0.3) is 0 Å². The zero-order valence-electron chi connectivity index (χ0n) is 16.6. The van der Waals surface area contributed by atoms with E-state index in [0.717, 1.165) is 42.4 Å². The first kappa shape index (κ1) is 17.7. The van der Waals surface area contributed by atoms with Gasteiger partial charge in [-0.3, -0.25) is 0 Å². The van der Waals surface area contributed by atoms with Crippen molar-refractivity contribution in [2.24, 2.45) is 0 Å². The first-order valence-corrected chi connectivity index (χ1v) is 9.21. The SMILES string of the molecule is COc1cc2c(cc1OC)C(C)=[N+]1CCc3cc(OC)c(OC)cc3C1C2. The van der Waals surface area contributed by atoms with Crippen LogP contribution < -0.4 is 18.9 Å². The highest BCUT2D eigenvalue weighted by Gasteiger charge is 2.38. The third kappa shape index (κ3) is 2.73. The third-order valence-electron chi connectivity index (χ3n) is 5.85. The molecule has 0 saturated heterocycles. The monoisotopic (exact) mass is 368 g/mol. The van der Waals surface area contributed by atoms with Crippen molar-refractivity contribution < 1.29 is 23.5 Å². The minimum Gasteiger partial charge on any atom is -0.493 e. The molecule has 0 aliphatic carbocycles. The van der Waals surface area contributed by atoms with E-state index in [0.29, 0.717) is 6.04 Å². The summed E-state index contributed by atoms with van der Waals surface area (Å²) in [7, 11) is 6.74. The number of nitrogens with zero attached hydrogens (tertiary/aromatic N) is 1. The molecule has 4 rings (SSSR count). The second kappa shape index (κ2) is 6.80. The van der Waals surface area contributed by atoms with Crippen LogP contribution in [0.4, 0.5) is 0 Å². The molecule has 2 aliphatic heterocycles. The maximum atomic E-state index is 5.56. The molecule has 0 bridgehead atoms. The minimum absolute atomic E-state index is 0.291. The van der Waals surface area contributed by atoms with Gasteiger partial charge < -0.3 is 18.9 Å². The summed E-state index contributed by atoms with van der Waals surface area (Å²) in [5.41, 5.74) is 6.47. The van der Waals surface area contributed by atoms with E-state index in [9.17, 15) is 0 Å². The van der Waals surface area contributed by atoms with Crippen molar-refractivity contribution in [1.82, 2.24) is 0 Å². The molecular weight excluding hydrogens is 342 g/mol. The molecule has 0 spiro atoms. The van der Waals surface area contributed by atoms with E-state index in [4.69, 9.17) is 18.9 Å². The standard InChI is InChI=1S/C22H26NO4/c1-13-16-11-21(26-4)20(25-3)10-15(16)8-18-17-12-22(27-5)19(24-2)9-14(17)6-7-23(13)18/h9-12,18H,6-8H2,1-5H3/q+1. The lowest BCUT2D eigenvalue weighted by Gasteiger charge is -2.31. The molecule has 2 aliphatic rings. The van der Waals surface area contributed by atoms with Crippen LogP contribution in [0, 0.1) is 0 Å². The molecule has 2 aromatic rings. The van der Waals surface area contributed by atoms with Gasteiger partial charge in [0, 0.05) is 30.9 Å². The van der Waals surface area contributed by atoms with Crippen LogP contribution in [0.15, 0.2) is 24.3 Å². The number of ether oxygens (including phenoxy) is 4. The fourth-order valence-electron chi connectivity index (χ4n) is 4.44. The summed E-state index contributed by atoms with van der Waals surface area (Å²) < 4.78 is 24.6. The average molecular weight is 368 g/mol. The predicted octanol–water partition coefficient (Wildman–Crippen LogP) is 3.40. The number of fused-ring (bicyclic) bond motifs is 4. The van der Waals surface area contributed by atoms with E-state index in [1.807, 2.05) is 0 Å². The minimum atomic E-state index is 0.291. The van der Waals surface area contributed by atoms with Crippen LogP contribution in [-0.2, 0) is 12.8 Å². The van der Waals surface area contributed by atoms with Crippen molar-refractivity contribution >= 4 is 5.71 Å². The quantitative estimate of drug-likeness (QED) is 0.776. The Morgan fingerprint density at radius 3 is 1.96 bits per heavy atom. The Balaban J connectivity index is 1.85. The lowest BCUT2D eigenvalue weighted by Crippen LogP contribution is -2.37. The lowest BCUT2D eigenvalue weighted by atomic mass is 9.84. The Hall–Kier alpha value is -2.69. The van der Waals surface area contributed by atoms with Gasteiger partial charge in [0.1, 0.15) is 6.54 Å². The van der Waals surface area contributed by atoms with Gasteiger partial charge in [-0.1, -0.05) is 0 Å². The molecule has 1 atom stereocenters. The fourth-order valence-corrected chi connectivity index (χ4v) is 4.44. The largest absolute Gasteiger partial charge is 0.493 e. The summed E-state index contributed by atoms with van der Waals surface area (Å²) in [6, 6.07) is 8.78. The third-order valence-corrected chi connectivity index (χ3v) is 5.85. The molecule has 0 N–H and O–H groups in total. The van der Waals surface area contributed by atoms with Gasteiger partial charge in [0.05, 0.1) is 28.4 Å². The zero-order valence-corrected chi connectivity index (χ0v) is 16.6. The van der Waals surface area contributed by atoms with Gasteiger partial charge >= 0.3 is 0 Å². The van der Waals surface area contributed by atoms with Crippen LogP contribution in [0.5, 0.6) is 23.0 Å². The fraction of sp³-hybridized carbons (Fsp3) is 0.409. The molecule has 2 aromatic carbocycles. The van der Waals surface area contributed by atoms with E-state index >= 15 is 0 Å². The maximum absolute atomic E-state index is 5.56. The molecular formula is C22H26NO4+. The Morgan fingerprint density at radius 1 is 0.778 bits per heavy atom. The second-order valence-corrected chi connectivity index (χ2v) is 7.02. The highest BCUT2D eigenvalue weighted by atomic mass is 16.5. The maximum Gasteiger partial charge on any atom is 0.182 e. The van der Waals surface area contributed by atoms with Gasteiger partial charge in [-0.25, -0.2) is 4.58 Å². The average Bonchev–Trinajstić information content (AvgIpc) is 2.71. The topological polar surface area (TPSA) is 39.9 Å². The number of rotatable bonds is 4. The van der Waals surface area contributed by atoms with Crippen molar-refractivity contribution in [3.63, 3.8) is 0 Å². The molecule has 27 heavy (non-hydrogen) atoms. The molecule has 0 radical (unpaired) electrons. The van der Waals surface area contributed by atoms with Crippen LogP contribution in [-0.4, -0.2) is 45.3 Å². The zero-order chi connectivity index (χ0) is 19.1. The van der Waals surface area contributed by atoms with Gasteiger partial charge in [-0.2, -0.15) is 0 Å². The Morgan fingerprint density at radius 2 is 1.33 bits per heavy atom. The molecule has 0 amide bonds. The smallest absolute Gasteiger partial charge is 0.182 e. The van der Waals surface area contributed by atoms with E-state index in [1.54, 1.807) is 28.4 Å². The van der Waals surface area contributed by atoms with Crippen molar-refractivity contribution in [2.75, 3.05) is 35.0 Å². The van der Waals surface area contributed by atoms with E-state index in [-0.39, 0.29) is 0 Å².